The Morgan fingerprint density at radius 2 is 0.591 bits per heavy atom. The summed E-state index contributed by atoms with van der Waals surface area (Å²) in [6.45, 7) is 6.46. The standard InChI is InChI=1S/C60H102O6/c1-4-7-10-13-16-19-22-25-28-29-30-31-33-35-38-41-44-47-50-53-59(62)65-56-57(55-64-58(61)52-49-46-43-40-37-34-27-24-21-18-15-12-9-6-3)66-60(63)54-51-48-45-42-39-36-32-26-23-20-17-14-11-8-5-2/h7,10,16-17,19-20,24-28,30-32,57H,4-6,8-9,11-15,18,21-23,29,33-56H2,1-3H3/b10-7-,19-16-,20-17-,27-24-,28-25-,31-30-,32-26-. The van der Waals surface area contributed by atoms with Crippen LogP contribution in [0.25, 0.3) is 0 Å². The van der Waals surface area contributed by atoms with Crippen molar-refractivity contribution in [2.75, 3.05) is 13.2 Å². The summed E-state index contributed by atoms with van der Waals surface area (Å²) in [5, 5.41) is 0. The highest BCUT2D eigenvalue weighted by molar-refractivity contribution is 5.71. The van der Waals surface area contributed by atoms with E-state index in [0.29, 0.717) is 19.3 Å². The first-order chi connectivity index (χ1) is 32.5. The third kappa shape index (κ3) is 51.6. The minimum atomic E-state index is -0.794. The van der Waals surface area contributed by atoms with Gasteiger partial charge in [0.15, 0.2) is 6.10 Å². The van der Waals surface area contributed by atoms with Crippen LogP contribution in [0.2, 0.25) is 0 Å². The van der Waals surface area contributed by atoms with Crippen molar-refractivity contribution < 1.29 is 28.6 Å². The van der Waals surface area contributed by atoms with Crippen LogP contribution in [0.4, 0.5) is 0 Å². The molecule has 1 atom stereocenters. The van der Waals surface area contributed by atoms with E-state index in [-0.39, 0.29) is 31.1 Å². The van der Waals surface area contributed by atoms with Gasteiger partial charge in [-0.1, -0.05) is 209 Å². The molecule has 0 N–H and O–H groups in total. The second-order valence-corrected chi connectivity index (χ2v) is 18.1. The predicted molar refractivity (Wildman–Crippen MR) is 284 cm³/mol. The number of rotatable bonds is 49. The molecule has 6 nitrogen and oxygen atoms in total. The molecule has 0 aromatic rings. The molecule has 0 saturated heterocycles. The Bertz CT molecular complexity index is 1290. The van der Waals surface area contributed by atoms with Crippen molar-refractivity contribution in [3.05, 3.63) is 85.1 Å². The van der Waals surface area contributed by atoms with Gasteiger partial charge in [-0.2, -0.15) is 0 Å². The molecule has 0 aliphatic carbocycles. The Morgan fingerprint density at radius 1 is 0.318 bits per heavy atom. The molecule has 0 spiro atoms. The van der Waals surface area contributed by atoms with Gasteiger partial charge in [0, 0.05) is 19.3 Å². The Balaban J connectivity index is 4.44. The molecule has 1 unspecified atom stereocenters. The van der Waals surface area contributed by atoms with Crippen molar-refractivity contribution in [2.45, 2.75) is 264 Å². The van der Waals surface area contributed by atoms with Crippen LogP contribution in [-0.4, -0.2) is 37.2 Å². The minimum Gasteiger partial charge on any atom is -0.462 e. The summed E-state index contributed by atoms with van der Waals surface area (Å²) in [7, 11) is 0. The molecule has 0 amide bonds. The lowest BCUT2D eigenvalue weighted by molar-refractivity contribution is -0.167. The van der Waals surface area contributed by atoms with E-state index in [4.69, 9.17) is 14.2 Å². The molecule has 0 saturated carbocycles. The van der Waals surface area contributed by atoms with E-state index in [0.717, 1.165) is 128 Å². The number of allylic oxidation sites excluding steroid dienone is 14. The van der Waals surface area contributed by atoms with Crippen LogP contribution in [0.1, 0.15) is 258 Å². The first kappa shape index (κ1) is 62.6. The molecular formula is C60H102O6. The van der Waals surface area contributed by atoms with Gasteiger partial charge in [-0.3, -0.25) is 14.4 Å². The summed E-state index contributed by atoms with van der Waals surface area (Å²) in [6, 6.07) is 0. The predicted octanol–water partition coefficient (Wildman–Crippen LogP) is 18.4. The van der Waals surface area contributed by atoms with E-state index in [2.05, 4.69) is 106 Å². The van der Waals surface area contributed by atoms with Gasteiger partial charge in [0.05, 0.1) is 0 Å². The van der Waals surface area contributed by atoms with Gasteiger partial charge in [-0.25, -0.2) is 0 Å². The van der Waals surface area contributed by atoms with Crippen LogP contribution in [0.3, 0.4) is 0 Å². The second kappa shape index (κ2) is 54.2. The molecule has 0 aliphatic heterocycles. The Labute approximate surface area is 407 Å². The number of hydrogen-bond acceptors (Lipinski definition) is 6. The van der Waals surface area contributed by atoms with Crippen molar-refractivity contribution >= 4 is 17.9 Å². The highest BCUT2D eigenvalue weighted by Gasteiger charge is 2.19. The number of carbonyl (C=O) groups excluding carboxylic acids is 3. The Morgan fingerprint density at radius 3 is 0.970 bits per heavy atom. The maximum Gasteiger partial charge on any atom is 0.306 e. The largest absolute Gasteiger partial charge is 0.462 e. The molecule has 0 aliphatic rings. The summed E-state index contributed by atoms with van der Waals surface area (Å²) in [5.74, 6) is -0.925. The number of unbranched alkanes of at least 4 members (excludes halogenated alkanes) is 24. The van der Waals surface area contributed by atoms with Crippen LogP contribution < -0.4 is 0 Å². The molecule has 66 heavy (non-hydrogen) atoms. The van der Waals surface area contributed by atoms with Crippen molar-refractivity contribution in [2.24, 2.45) is 0 Å². The lowest BCUT2D eigenvalue weighted by Crippen LogP contribution is -2.30. The molecular weight excluding hydrogens is 817 g/mol. The van der Waals surface area contributed by atoms with Crippen LogP contribution in [-0.2, 0) is 28.6 Å². The topological polar surface area (TPSA) is 78.9 Å². The molecule has 0 fully saturated rings. The summed E-state index contributed by atoms with van der Waals surface area (Å²) in [4.78, 5) is 38.1. The normalized spacial score (nSPS) is 12.7. The number of ether oxygens (including phenoxy) is 3. The minimum absolute atomic E-state index is 0.0914. The SMILES string of the molecule is CC/C=C\C/C=C\C/C=C\C/C=C\CCCCCCCCC(=O)OCC(COC(=O)CCCCCCC/C=C\CCCCCCC)OC(=O)CCCCCCC/C=C\C/C=C\CCCCC. The van der Waals surface area contributed by atoms with Gasteiger partial charge in [0.25, 0.3) is 0 Å². The second-order valence-electron chi connectivity index (χ2n) is 18.1. The molecule has 0 bridgehead atoms. The summed E-state index contributed by atoms with van der Waals surface area (Å²) >= 11 is 0. The Hall–Kier alpha value is -3.41. The lowest BCUT2D eigenvalue weighted by atomic mass is 10.1. The first-order valence-electron chi connectivity index (χ1n) is 27.6. The van der Waals surface area contributed by atoms with Crippen molar-refractivity contribution in [3.8, 4) is 0 Å². The monoisotopic (exact) mass is 919 g/mol. The van der Waals surface area contributed by atoms with E-state index >= 15 is 0 Å². The van der Waals surface area contributed by atoms with Crippen molar-refractivity contribution in [1.29, 1.82) is 0 Å². The molecule has 0 aromatic carbocycles. The number of carbonyl (C=O) groups is 3. The zero-order valence-corrected chi connectivity index (χ0v) is 43.2. The van der Waals surface area contributed by atoms with Gasteiger partial charge >= 0.3 is 17.9 Å². The zero-order valence-electron chi connectivity index (χ0n) is 43.2. The summed E-state index contributed by atoms with van der Waals surface area (Å²) < 4.78 is 16.8. The number of hydrogen-bond donors (Lipinski definition) is 0. The first-order valence-corrected chi connectivity index (χ1v) is 27.6. The van der Waals surface area contributed by atoms with Gasteiger partial charge in [0.1, 0.15) is 13.2 Å². The number of esters is 3. The van der Waals surface area contributed by atoms with E-state index < -0.39 is 6.10 Å². The van der Waals surface area contributed by atoms with E-state index in [1.165, 1.54) is 89.9 Å². The van der Waals surface area contributed by atoms with Gasteiger partial charge < -0.3 is 14.2 Å². The van der Waals surface area contributed by atoms with E-state index in [1.54, 1.807) is 0 Å². The van der Waals surface area contributed by atoms with Crippen molar-refractivity contribution in [1.82, 2.24) is 0 Å². The van der Waals surface area contributed by atoms with Gasteiger partial charge in [0.2, 0.25) is 0 Å². The van der Waals surface area contributed by atoms with Crippen LogP contribution in [0.5, 0.6) is 0 Å². The van der Waals surface area contributed by atoms with E-state index in [1.807, 2.05) is 0 Å². The Kier molecular flexibility index (Phi) is 51.4. The summed E-state index contributed by atoms with van der Waals surface area (Å²) in [6.07, 6.45) is 69.9. The molecule has 0 radical (unpaired) electrons. The fourth-order valence-electron chi connectivity index (χ4n) is 7.46. The highest BCUT2D eigenvalue weighted by Crippen LogP contribution is 2.14. The van der Waals surface area contributed by atoms with E-state index in [9.17, 15) is 14.4 Å². The fourth-order valence-corrected chi connectivity index (χ4v) is 7.46. The third-order valence-electron chi connectivity index (χ3n) is 11.6. The van der Waals surface area contributed by atoms with Gasteiger partial charge in [-0.15, -0.1) is 0 Å². The zero-order chi connectivity index (χ0) is 47.9. The average molecular weight is 919 g/mol. The third-order valence-corrected chi connectivity index (χ3v) is 11.6. The smallest absolute Gasteiger partial charge is 0.306 e. The fraction of sp³-hybridized carbons (Fsp3) is 0.717. The maximum atomic E-state index is 12.8. The van der Waals surface area contributed by atoms with Crippen LogP contribution in [0.15, 0.2) is 85.1 Å². The van der Waals surface area contributed by atoms with Gasteiger partial charge in [-0.05, 0) is 116 Å². The van der Waals surface area contributed by atoms with Crippen molar-refractivity contribution in [3.63, 3.8) is 0 Å². The molecule has 6 heteroatoms. The average Bonchev–Trinajstić information content (AvgIpc) is 3.31. The van der Waals surface area contributed by atoms with Crippen LogP contribution in [0, 0.1) is 0 Å². The molecule has 378 valence electrons. The molecule has 0 aromatic heterocycles. The molecule has 0 rings (SSSR count). The highest BCUT2D eigenvalue weighted by atomic mass is 16.6. The quantitative estimate of drug-likeness (QED) is 0.0262. The van der Waals surface area contributed by atoms with Crippen LogP contribution >= 0.6 is 0 Å². The lowest BCUT2D eigenvalue weighted by Gasteiger charge is -2.18. The summed E-state index contributed by atoms with van der Waals surface area (Å²) in [5.41, 5.74) is 0. The molecule has 0 heterocycles. The maximum absolute atomic E-state index is 12.8.